The minimum Gasteiger partial charge on any atom is -0.258 e. The van der Waals surface area contributed by atoms with Crippen LogP contribution in [-0.2, 0) is 6.42 Å². The molecule has 0 aliphatic rings. The van der Waals surface area contributed by atoms with Crippen molar-refractivity contribution in [1.82, 2.24) is 9.97 Å². The number of aryl methyl sites for hydroxylation is 1. The van der Waals surface area contributed by atoms with Crippen LogP contribution in [0.2, 0.25) is 0 Å². The number of hydrogen-bond donors (Lipinski definition) is 0. The second kappa shape index (κ2) is 3.11. The molecule has 1 aromatic rings. The fourth-order valence-electron chi connectivity index (χ4n) is 0.673. The minimum atomic E-state index is 0.799. The third kappa shape index (κ3) is 1.65. The first-order valence-corrected chi connectivity index (χ1v) is 3.21. The summed E-state index contributed by atoms with van der Waals surface area (Å²) in [6.07, 6.45) is 6.16. The fourth-order valence-corrected chi connectivity index (χ4v) is 0.673. The molecule has 0 saturated carbocycles. The van der Waals surface area contributed by atoms with Gasteiger partial charge in [0.25, 0.3) is 0 Å². The van der Waals surface area contributed by atoms with E-state index in [-0.39, 0.29) is 0 Å². The molecule has 0 unspecified atom stereocenters. The van der Waals surface area contributed by atoms with Crippen molar-refractivity contribution in [3.8, 4) is 0 Å². The molecule has 0 N–H and O–H groups in total. The molecule has 1 heterocycles. The van der Waals surface area contributed by atoms with E-state index in [1.54, 1.807) is 12.4 Å². The molecule has 0 aromatic carbocycles. The van der Waals surface area contributed by atoms with E-state index < -0.39 is 0 Å². The Hall–Kier alpha value is -1.18. The van der Waals surface area contributed by atoms with Crippen molar-refractivity contribution in [2.75, 3.05) is 0 Å². The van der Waals surface area contributed by atoms with Crippen LogP contribution >= 0.6 is 0 Å². The number of rotatable bonds is 2. The molecule has 0 bridgehead atoms. The third-order valence-corrected chi connectivity index (χ3v) is 1.19. The summed E-state index contributed by atoms with van der Waals surface area (Å²) in [4.78, 5) is 8.22. The Kier molecular flexibility index (Phi) is 2.15. The van der Waals surface area contributed by atoms with Crippen LogP contribution in [0, 0.1) is 6.92 Å². The zero-order valence-corrected chi connectivity index (χ0v) is 6.04. The summed E-state index contributed by atoms with van der Waals surface area (Å²) >= 11 is 0. The van der Waals surface area contributed by atoms with E-state index in [1.165, 1.54) is 0 Å². The van der Waals surface area contributed by atoms with Crippen molar-refractivity contribution >= 4 is 0 Å². The molecule has 0 saturated heterocycles. The van der Waals surface area contributed by atoms with Gasteiger partial charge in [-0.15, -0.1) is 6.58 Å². The Morgan fingerprint density at radius 1 is 1.50 bits per heavy atom. The molecular formula is C8H10N2. The number of allylic oxidation sites excluding steroid dienone is 1. The highest BCUT2D eigenvalue weighted by Gasteiger charge is 1.89. The summed E-state index contributed by atoms with van der Waals surface area (Å²) in [5, 5.41) is 0. The third-order valence-electron chi connectivity index (χ3n) is 1.19. The average molecular weight is 134 g/mol. The smallest absolute Gasteiger partial charge is 0.0624 e. The Morgan fingerprint density at radius 2 is 2.30 bits per heavy atom. The number of hydrogen-bond acceptors (Lipinski definition) is 2. The van der Waals surface area contributed by atoms with Gasteiger partial charge in [0, 0.05) is 18.8 Å². The van der Waals surface area contributed by atoms with Crippen LogP contribution in [-0.4, -0.2) is 9.97 Å². The Bertz CT molecular complexity index is 213. The molecule has 1 aromatic heterocycles. The molecule has 52 valence electrons. The Labute approximate surface area is 60.6 Å². The highest BCUT2D eigenvalue weighted by atomic mass is 14.8. The lowest BCUT2D eigenvalue weighted by atomic mass is 10.3. The van der Waals surface area contributed by atoms with Crippen LogP contribution in [0.3, 0.4) is 0 Å². The lowest BCUT2D eigenvalue weighted by molar-refractivity contribution is 1.02. The van der Waals surface area contributed by atoms with Gasteiger partial charge in [0.05, 0.1) is 11.4 Å². The summed E-state index contributed by atoms with van der Waals surface area (Å²) in [5.41, 5.74) is 1.92. The van der Waals surface area contributed by atoms with E-state index in [0.717, 1.165) is 17.8 Å². The molecule has 0 atom stereocenters. The molecule has 2 heteroatoms. The maximum Gasteiger partial charge on any atom is 0.0624 e. The summed E-state index contributed by atoms with van der Waals surface area (Å²) in [6, 6.07) is 0. The SMILES string of the molecule is C=CCc1cnc(C)cn1. The van der Waals surface area contributed by atoms with E-state index in [4.69, 9.17) is 0 Å². The Morgan fingerprint density at radius 3 is 2.80 bits per heavy atom. The van der Waals surface area contributed by atoms with Gasteiger partial charge in [-0.2, -0.15) is 0 Å². The van der Waals surface area contributed by atoms with Crippen molar-refractivity contribution in [2.24, 2.45) is 0 Å². The van der Waals surface area contributed by atoms with Crippen LogP contribution in [0.4, 0.5) is 0 Å². The molecular weight excluding hydrogens is 124 g/mol. The normalized spacial score (nSPS) is 9.30. The summed E-state index contributed by atoms with van der Waals surface area (Å²) < 4.78 is 0. The van der Waals surface area contributed by atoms with Gasteiger partial charge in [0.15, 0.2) is 0 Å². The molecule has 0 fully saturated rings. The van der Waals surface area contributed by atoms with Crippen molar-refractivity contribution in [1.29, 1.82) is 0 Å². The van der Waals surface area contributed by atoms with Gasteiger partial charge in [0.2, 0.25) is 0 Å². The van der Waals surface area contributed by atoms with Gasteiger partial charge in [-0.25, -0.2) is 0 Å². The van der Waals surface area contributed by atoms with Crippen molar-refractivity contribution in [3.63, 3.8) is 0 Å². The molecule has 0 aliphatic carbocycles. The van der Waals surface area contributed by atoms with Crippen molar-refractivity contribution in [3.05, 3.63) is 36.4 Å². The number of aromatic nitrogens is 2. The minimum absolute atomic E-state index is 0.799. The lowest BCUT2D eigenvalue weighted by Crippen LogP contribution is -1.89. The maximum absolute atomic E-state index is 4.13. The fraction of sp³-hybridized carbons (Fsp3) is 0.250. The molecule has 0 aliphatic heterocycles. The second-order valence-corrected chi connectivity index (χ2v) is 2.14. The van der Waals surface area contributed by atoms with Gasteiger partial charge in [-0.3, -0.25) is 9.97 Å². The van der Waals surface area contributed by atoms with Gasteiger partial charge in [-0.1, -0.05) is 6.08 Å². The predicted molar refractivity (Wildman–Crippen MR) is 40.7 cm³/mol. The van der Waals surface area contributed by atoms with Crippen molar-refractivity contribution < 1.29 is 0 Å². The molecule has 0 amide bonds. The zero-order valence-electron chi connectivity index (χ0n) is 6.04. The van der Waals surface area contributed by atoms with Gasteiger partial charge < -0.3 is 0 Å². The van der Waals surface area contributed by atoms with Crippen LogP contribution in [0.5, 0.6) is 0 Å². The second-order valence-electron chi connectivity index (χ2n) is 2.14. The molecule has 2 nitrogen and oxygen atoms in total. The van der Waals surface area contributed by atoms with Gasteiger partial charge in [-0.05, 0) is 6.92 Å². The molecule has 1 rings (SSSR count). The van der Waals surface area contributed by atoms with E-state index in [0.29, 0.717) is 0 Å². The standard InChI is InChI=1S/C8H10N2/c1-3-4-8-6-9-7(2)5-10-8/h3,5-6H,1,4H2,2H3. The largest absolute Gasteiger partial charge is 0.258 e. The summed E-state index contributed by atoms with van der Waals surface area (Å²) in [7, 11) is 0. The van der Waals surface area contributed by atoms with Crippen LogP contribution in [0.15, 0.2) is 25.0 Å². The highest BCUT2D eigenvalue weighted by molar-refractivity contribution is 5.03. The van der Waals surface area contributed by atoms with E-state index in [1.807, 2.05) is 13.0 Å². The van der Waals surface area contributed by atoms with Gasteiger partial charge in [0.1, 0.15) is 0 Å². The first-order valence-electron chi connectivity index (χ1n) is 3.21. The first-order chi connectivity index (χ1) is 4.83. The molecule has 0 spiro atoms. The highest BCUT2D eigenvalue weighted by Crippen LogP contribution is 1.94. The topological polar surface area (TPSA) is 25.8 Å². The maximum atomic E-state index is 4.13. The average Bonchev–Trinajstić information content (AvgIpc) is 1.95. The van der Waals surface area contributed by atoms with Crippen LogP contribution in [0.1, 0.15) is 11.4 Å². The lowest BCUT2D eigenvalue weighted by Gasteiger charge is -1.93. The van der Waals surface area contributed by atoms with Crippen LogP contribution < -0.4 is 0 Å². The van der Waals surface area contributed by atoms with E-state index in [9.17, 15) is 0 Å². The van der Waals surface area contributed by atoms with Crippen LogP contribution in [0.25, 0.3) is 0 Å². The quantitative estimate of drug-likeness (QED) is 0.573. The first kappa shape index (κ1) is 6.93. The number of nitrogens with zero attached hydrogens (tertiary/aromatic N) is 2. The summed E-state index contributed by atoms with van der Waals surface area (Å²) in [6.45, 7) is 5.53. The zero-order chi connectivity index (χ0) is 7.40. The summed E-state index contributed by atoms with van der Waals surface area (Å²) in [5.74, 6) is 0. The van der Waals surface area contributed by atoms with Gasteiger partial charge >= 0.3 is 0 Å². The molecule has 10 heavy (non-hydrogen) atoms. The monoisotopic (exact) mass is 134 g/mol. The predicted octanol–water partition coefficient (Wildman–Crippen LogP) is 1.51. The Balaban J connectivity index is 2.78. The van der Waals surface area contributed by atoms with E-state index >= 15 is 0 Å². The van der Waals surface area contributed by atoms with E-state index in [2.05, 4.69) is 16.5 Å². The van der Waals surface area contributed by atoms with Crippen molar-refractivity contribution in [2.45, 2.75) is 13.3 Å². The molecule has 0 radical (unpaired) electrons.